The number of likely N-dealkylation sites (tertiary alicyclic amines) is 1. The second-order valence-electron chi connectivity index (χ2n) is 5.89. The Hall–Kier alpha value is -1.30. The van der Waals surface area contributed by atoms with Crippen LogP contribution in [0.5, 0.6) is 0 Å². The number of carbonyl (C=O) groups excluding carboxylic acids is 2. The fourth-order valence-electron chi connectivity index (χ4n) is 1.88. The summed E-state index contributed by atoms with van der Waals surface area (Å²) in [6, 6.07) is -0.756. The van der Waals surface area contributed by atoms with Crippen molar-refractivity contribution in [1.29, 1.82) is 0 Å². The summed E-state index contributed by atoms with van der Waals surface area (Å²) >= 11 is 0. The molecule has 6 heteroatoms. The topological polar surface area (TPSA) is 81.9 Å². The molecule has 110 valence electrons. The lowest BCUT2D eigenvalue weighted by Gasteiger charge is -2.28. The van der Waals surface area contributed by atoms with E-state index in [9.17, 15) is 9.59 Å². The molecule has 2 atom stereocenters. The van der Waals surface area contributed by atoms with Crippen molar-refractivity contribution in [2.45, 2.75) is 58.2 Å². The molecule has 0 aromatic heterocycles. The highest BCUT2D eigenvalue weighted by atomic mass is 16.6. The van der Waals surface area contributed by atoms with Crippen molar-refractivity contribution in [2.24, 2.45) is 5.73 Å². The Morgan fingerprint density at radius 2 is 2.05 bits per heavy atom. The van der Waals surface area contributed by atoms with Crippen molar-refractivity contribution in [1.82, 2.24) is 4.90 Å². The molecule has 0 aromatic rings. The summed E-state index contributed by atoms with van der Waals surface area (Å²) in [6.07, 6.45) is 1.34. The fraction of sp³-hybridized carbons (Fsp3) is 0.846. The zero-order valence-corrected chi connectivity index (χ0v) is 12.1. The van der Waals surface area contributed by atoms with E-state index in [2.05, 4.69) is 0 Å². The minimum Gasteiger partial charge on any atom is -0.462 e. The highest BCUT2D eigenvalue weighted by Crippen LogP contribution is 2.21. The summed E-state index contributed by atoms with van der Waals surface area (Å²) in [6.45, 7) is 7.86. The predicted octanol–water partition coefficient (Wildman–Crippen LogP) is 1.28. The number of esters is 1. The molecule has 2 unspecified atom stereocenters. The molecule has 1 amide bonds. The van der Waals surface area contributed by atoms with Crippen LogP contribution in [-0.4, -0.2) is 47.8 Å². The van der Waals surface area contributed by atoms with Crippen molar-refractivity contribution < 1.29 is 19.1 Å². The summed E-state index contributed by atoms with van der Waals surface area (Å²) < 4.78 is 10.4. The Bertz CT molecular complexity index is 336. The molecule has 1 aliphatic rings. The molecule has 6 nitrogen and oxygen atoms in total. The molecule has 1 heterocycles. The van der Waals surface area contributed by atoms with Crippen LogP contribution >= 0.6 is 0 Å². The Labute approximate surface area is 114 Å². The Kier molecular flexibility index (Phi) is 5.17. The third-order valence-corrected chi connectivity index (χ3v) is 2.79. The van der Waals surface area contributed by atoms with E-state index in [0.717, 1.165) is 12.8 Å². The molecule has 0 saturated carbocycles. The number of amides is 1. The second kappa shape index (κ2) is 6.23. The molecule has 0 radical (unpaired) electrons. The smallest absolute Gasteiger partial charge is 0.410 e. The van der Waals surface area contributed by atoms with Crippen molar-refractivity contribution in [2.75, 3.05) is 13.2 Å². The number of hydrogen-bond acceptors (Lipinski definition) is 5. The monoisotopic (exact) mass is 272 g/mol. The first kappa shape index (κ1) is 15.8. The van der Waals surface area contributed by atoms with Crippen LogP contribution in [0, 0.1) is 0 Å². The number of hydrogen-bond donors (Lipinski definition) is 1. The standard InChI is InChI=1S/C13H24N2O4/c1-9(14)11(16)18-8-10-6-5-7-15(10)12(17)19-13(2,3)4/h9-10H,5-8,14H2,1-4H3. The van der Waals surface area contributed by atoms with Crippen LogP contribution in [0.25, 0.3) is 0 Å². The number of nitrogens with zero attached hydrogens (tertiary/aromatic N) is 1. The third-order valence-electron chi connectivity index (χ3n) is 2.79. The van der Waals surface area contributed by atoms with Crippen molar-refractivity contribution >= 4 is 12.1 Å². The van der Waals surface area contributed by atoms with Gasteiger partial charge in [0.15, 0.2) is 0 Å². The SMILES string of the molecule is CC(N)C(=O)OCC1CCCN1C(=O)OC(C)(C)C. The summed E-state index contributed by atoms with van der Waals surface area (Å²) in [5, 5.41) is 0. The van der Waals surface area contributed by atoms with Gasteiger partial charge in [0.1, 0.15) is 18.2 Å². The van der Waals surface area contributed by atoms with Crippen LogP contribution in [0.1, 0.15) is 40.5 Å². The van der Waals surface area contributed by atoms with Crippen molar-refractivity contribution in [3.63, 3.8) is 0 Å². The molecule has 1 saturated heterocycles. The molecule has 2 N–H and O–H groups in total. The minimum atomic E-state index is -0.642. The highest BCUT2D eigenvalue weighted by Gasteiger charge is 2.33. The summed E-state index contributed by atoms with van der Waals surface area (Å²) in [7, 11) is 0. The van der Waals surface area contributed by atoms with Crippen LogP contribution in [0.4, 0.5) is 4.79 Å². The van der Waals surface area contributed by atoms with E-state index in [0.29, 0.717) is 6.54 Å². The van der Waals surface area contributed by atoms with Gasteiger partial charge in [0.2, 0.25) is 0 Å². The average Bonchev–Trinajstić information content (AvgIpc) is 2.71. The van der Waals surface area contributed by atoms with Gasteiger partial charge in [0, 0.05) is 6.54 Å². The first-order valence-electron chi connectivity index (χ1n) is 6.62. The molecule has 0 bridgehead atoms. The summed E-state index contributed by atoms with van der Waals surface area (Å²) in [5.74, 6) is -0.448. The lowest BCUT2D eigenvalue weighted by Crippen LogP contribution is -2.42. The quantitative estimate of drug-likeness (QED) is 0.782. The minimum absolute atomic E-state index is 0.113. The first-order valence-corrected chi connectivity index (χ1v) is 6.62. The van der Waals surface area contributed by atoms with Crippen molar-refractivity contribution in [3.05, 3.63) is 0 Å². The fourth-order valence-corrected chi connectivity index (χ4v) is 1.88. The van der Waals surface area contributed by atoms with E-state index in [1.807, 2.05) is 20.8 Å². The zero-order chi connectivity index (χ0) is 14.6. The normalized spacial score (nSPS) is 21.1. The van der Waals surface area contributed by atoms with Gasteiger partial charge in [0.25, 0.3) is 0 Å². The lowest BCUT2D eigenvalue weighted by molar-refractivity contribution is -0.146. The van der Waals surface area contributed by atoms with E-state index in [1.54, 1.807) is 11.8 Å². The first-order chi connectivity index (χ1) is 8.70. The molecule has 19 heavy (non-hydrogen) atoms. The largest absolute Gasteiger partial charge is 0.462 e. The van der Waals surface area contributed by atoms with Gasteiger partial charge in [-0.1, -0.05) is 0 Å². The number of nitrogens with two attached hydrogens (primary N) is 1. The van der Waals surface area contributed by atoms with Gasteiger partial charge in [-0.15, -0.1) is 0 Å². The van der Waals surface area contributed by atoms with Gasteiger partial charge in [-0.2, -0.15) is 0 Å². The maximum absolute atomic E-state index is 12.0. The Balaban J connectivity index is 2.50. The van der Waals surface area contributed by atoms with Crippen LogP contribution < -0.4 is 5.73 Å². The van der Waals surface area contributed by atoms with Gasteiger partial charge >= 0.3 is 12.1 Å². The summed E-state index contributed by atoms with van der Waals surface area (Å²) in [5.41, 5.74) is 4.90. The number of carbonyl (C=O) groups is 2. The van der Waals surface area contributed by atoms with E-state index >= 15 is 0 Å². The van der Waals surface area contributed by atoms with Gasteiger partial charge in [0.05, 0.1) is 6.04 Å². The lowest BCUT2D eigenvalue weighted by atomic mass is 10.2. The van der Waals surface area contributed by atoms with Crippen LogP contribution in [0.2, 0.25) is 0 Å². The van der Waals surface area contributed by atoms with Crippen LogP contribution in [0.3, 0.4) is 0 Å². The maximum Gasteiger partial charge on any atom is 0.410 e. The number of rotatable bonds is 3. The molecule has 0 spiro atoms. The zero-order valence-electron chi connectivity index (χ0n) is 12.1. The van der Waals surface area contributed by atoms with E-state index in [1.165, 1.54) is 0 Å². The Morgan fingerprint density at radius 3 is 2.58 bits per heavy atom. The van der Waals surface area contributed by atoms with E-state index < -0.39 is 17.6 Å². The molecule has 1 aliphatic heterocycles. The van der Waals surface area contributed by atoms with Gasteiger partial charge in [-0.25, -0.2) is 4.79 Å². The molecule has 0 aromatic carbocycles. The Morgan fingerprint density at radius 1 is 1.42 bits per heavy atom. The second-order valence-corrected chi connectivity index (χ2v) is 5.89. The molecule has 1 rings (SSSR count). The molecular weight excluding hydrogens is 248 g/mol. The van der Waals surface area contributed by atoms with Crippen molar-refractivity contribution in [3.8, 4) is 0 Å². The molecule has 0 aliphatic carbocycles. The van der Waals surface area contributed by atoms with Crippen LogP contribution in [0.15, 0.2) is 0 Å². The van der Waals surface area contributed by atoms with Gasteiger partial charge in [-0.05, 0) is 40.5 Å². The molecule has 1 fully saturated rings. The van der Waals surface area contributed by atoms with Crippen LogP contribution in [-0.2, 0) is 14.3 Å². The van der Waals surface area contributed by atoms with E-state index in [-0.39, 0.29) is 18.7 Å². The highest BCUT2D eigenvalue weighted by molar-refractivity contribution is 5.75. The maximum atomic E-state index is 12.0. The third kappa shape index (κ3) is 5.06. The molecular formula is C13H24N2O4. The number of ether oxygens (including phenoxy) is 2. The van der Waals surface area contributed by atoms with E-state index in [4.69, 9.17) is 15.2 Å². The predicted molar refractivity (Wildman–Crippen MR) is 70.6 cm³/mol. The average molecular weight is 272 g/mol. The van der Waals surface area contributed by atoms with Gasteiger partial charge in [-0.3, -0.25) is 4.79 Å². The van der Waals surface area contributed by atoms with Gasteiger partial charge < -0.3 is 20.1 Å². The summed E-state index contributed by atoms with van der Waals surface area (Å²) in [4.78, 5) is 24.9.